The number of carboxylic acid groups (broad SMARTS) is 1. The Morgan fingerprint density at radius 3 is 2.15 bits per heavy atom. The highest BCUT2D eigenvalue weighted by Crippen LogP contribution is 2.05. The molecule has 0 amide bonds. The lowest BCUT2D eigenvalue weighted by molar-refractivity contribution is 0.0697. The molecular formula is C9H10N2O2. The molecule has 13 heavy (non-hydrogen) atoms. The van der Waals surface area contributed by atoms with Crippen molar-refractivity contribution in [3.8, 4) is 0 Å². The Labute approximate surface area is 75.7 Å². The minimum absolute atomic E-state index is 0.258. The van der Waals surface area contributed by atoms with E-state index in [0.29, 0.717) is 5.71 Å². The fourth-order valence-corrected chi connectivity index (χ4v) is 0.929. The van der Waals surface area contributed by atoms with Crippen molar-refractivity contribution in [2.24, 2.45) is 10.9 Å². The molecule has 0 atom stereocenters. The average Bonchev–Trinajstić information content (AvgIpc) is 2.17. The Balaban J connectivity index is 3.00. The Bertz CT molecular complexity index is 341. The Kier molecular flexibility index (Phi) is 2.64. The van der Waals surface area contributed by atoms with Crippen LogP contribution in [0.15, 0.2) is 29.4 Å². The van der Waals surface area contributed by atoms with E-state index in [2.05, 4.69) is 5.10 Å². The normalized spacial score (nSPS) is 11.3. The van der Waals surface area contributed by atoms with Crippen molar-refractivity contribution in [1.82, 2.24) is 0 Å². The van der Waals surface area contributed by atoms with Crippen LogP contribution in [0.3, 0.4) is 0 Å². The molecule has 0 aliphatic rings. The number of rotatable bonds is 2. The second-order valence-electron chi connectivity index (χ2n) is 2.60. The number of carboxylic acids is 1. The second-order valence-corrected chi connectivity index (χ2v) is 2.60. The van der Waals surface area contributed by atoms with Gasteiger partial charge in [0.1, 0.15) is 0 Å². The van der Waals surface area contributed by atoms with E-state index >= 15 is 0 Å². The summed E-state index contributed by atoms with van der Waals surface area (Å²) in [7, 11) is 0. The first-order valence-corrected chi connectivity index (χ1v) is 3.73. The van der Waals surface area contributed by atoms with Crippen molar-refractivity contribution in [3.05, 3.63) is 35.4 Å². The fraction of sp³-hybridized carbons (Fsp3) is 0.111. The lowest BCUT2D eigenvalue weighted by Gasteiger charge is -1.99. The molecule has 3 N–H and O–H groups in total. The average molecular weight is 178 g/mol. The third kappa shape index (κ3) is 2.05. The Hall–Kier alpha value is -1.84. The standard InChI is InChI=1S/C9H10N2O2/c1-6(11-10)7-2-4-8(5-3-7)9(12)13/h2-5H,10H2,1H3,(H,12,13). The molecule has 1 rings (SSSR count). The van der Waals surface area contributed by atoms with Gasteiger partial charge in [-0.2, -0.15) is 5.10 Å². The van der Waals surface area contributed by atoms with Gasteiger partial charge in [0, 0.05) is 0 Å². The van der Waals surface area contributed by atoms with E-state index < -0.39 is 5.97 Å². The summed E-state index contributed by atoms with van der Waals surface area (Å²) in [5.41, 5.74) is 1.76. The third-order valence-corrected chi connectivity index (χ3v) is 1.74. The zero-order valence-electron chi connectivity index (χ0n) is 7.19. The van der Waals surface area contributed by atoms with E-state index in [-0.39, 0.29) is 5.56 Å². The summed E-state index contributed by atoms with van der Waals surface area (Å²) in [6.45, 7) is 1.76. The summed E-state index contributed by atoms with van der Waals surface area (Å²) >= 11 is 0. The molecule has 0 aromatic heterocycles. The molecule has 1 aromatic carbocycles. The van der Waals surface area contributed by atoms with E-state index in [9.17, 15) is 4.79 Å². The van der Waals surface area contributed by atoms with Crippen molar-refractivity contribution in [3.63, 3.8) is 0 Å². The molecule has 0 fully saturated rings. The number of nitrogens with two attached hydrogens (primary N) is 1. The monoisotopic (exact) mass is 178 g/mol. The molecular weight excluding hydrogens is 168 g/mol. The summed E-state index contributed by atoms with van der Waals surface area (Å²) in [4.78, 5) is 10.5. The van der Waals surface area contributed by atoms with Crippen molar-refractivity contribution in [2.75, 3.05) is 0 Å². The Morgan fingerprint density at radius 2 is 1.77 bits per heavy atom. The summed E-state index contributed by atoms with van der Waals surface area (Å²) in [5.74, 6) is 4.14. The van der Waals surface area contributed by atoms with E-state index in [1.54, 1.807) is 19.1 Å². The van der Waals surface area contributed by atoms with E-state index in [1.165, 1.54) is 12.1 Å². The van der Waals surface area contributed by atoms with Gasteiger partial charge in [0.25, 0.3) is 0 Å². The predicted octanol–water partition coefficient (Wildman–Crippen LogP) is 1.07. The van der Waals surface area contributed by atoms with Gasteiger partial charge in [-0.05, 0) is 24.6 Å². The SMILES string of the molecule is CC(=NN)c1ccc(C(=O)O)cc1. The lowest BCUT2D eigenvalue weighted by Crippen LogP contribution is -2.00. The second kappa shape index (κ2) is 3.71. The van der Waals surface area contributed by atoms with Gasteiger partial charge in [0.05, 0.1) is 11.3 Å². The molecule has 0 saturated carbocycles. The number of hydrogen-bond acceptors (Lipinski definition) is 3. The molecule has 1 aromatic rings. The van der Waals surface area contributed by atoms with Crippen LogP contribution in [0.25, 0.3) is 0 Å². The predicted molar refractivity (Wildman–Crippen MR) is 49.8 cm³/mol. The summed E-state index contributed by atoms with van der Waals surface area (Å²) < 4.78 is 0. The quantitative estimate of drug-likeness (QED) is 0.404. The van der Waals surface area contributed by atoms with Crippen LogP contribution in [0.2, 0.25) is 0 Å². The molecule has 0 aliphatic heterocycles. The van der Waals surface area contributed by atoms with Crippen LogP contribution >= 0.6 is 0 Å². The first kappa shape index (κ1) is 9.25. The maximum absolute atomic E-state index is 10.5. The molecule has 68 valence electrons. The molecule has 0 bridgehead atoms. The summed E-state index contributed by atoms with van der Waals surface area (Å²) in [6, 6.07) is 6.39. The zero-order chi connectivity index (χ0) is 9.84. The van der Waals surface area contributed by atoms with Gasteiger partial charge in [0.2, 0.25) is 0 Å². The van der Waals surface area contributed by atoms with Crippen LogP contribution in [0.4, 0.5) is 0 Å². The molecule has 0 radical (unpaired) electrons. The van der Waals surface area contributed by atoms with Crippen LogP contribution in [-0.2, 0) is 0 Å². The molecule has 0 saturated heterocycles. The highest BCUT2D eigenvalue weighted by atomic mass is 16.4. The van der Waals surface area contributed by atoms with Crippen molar-refractivity contribution < 1.29 is 9.90 Å². The zero-order valence-corrected chi connectivity index (χ0v) is 7.19. The first-order valence-electron chi connectivity index (χ1n) is 3.73. The number of nitrogens with zero attached hydrogens (tertiary/aromatic N) is 1. The minimum Gasteiger partial charge on any atom is -0.478 e. The molecule has 4 nitrogen and oxygen atoms in total. The number of hydrogen-bond donors (Lipinski definition) is 2. The largest absolute Gasteiger partial charge is 0.478 e. The molecule has 0 spiro atoms. The van der Waals surface area contributed by atoms with Crippen molar-refractivity contribution in [2.45, 2.75) is 6.92 Å². The number of hydrazone groups is 1. The number of carbonyl (C=O) groups is 1. The molecule has 0 heterocycles. The molecule has 4 heteroatoms. The van der Waals surface area contributed by atoms with Gasteiger partial charge < -0.3 is 10.9 Å². The maximum Gasteiger partial charge on any atom is 0.335 e. The van der Waals surface area contributed by atoms with E-state index in [4.69, 9.17) is 10.9 Å². The van der Waals surface area contributed by atoms with Gasteiger partial charge in [0.15, 0.2) is 0 Å². The Morgan fingerprint density at radius 1 is 1.31 bits per heavy atom. The van der Waals surface area contributed by atoms with Crippen LogP contribution < -0.4 is 5.84 Å². The lowest BCUT2D eigenvalue weighted by atomic mass is 10.1. The topological polar surface area (TPSA) is 75.7 Å². The van der Waals surface area contributed by atoms with Gasteiger partial charge in [-0.1, -0.05) is 12.1 Å². The molecule has 0 unspecified atom stereocenters. The van der Waals surface area contributed by atoms with E-state index in [0.717, 1.165) is 5.56 Å². The molecule has 0 aliphatic carbocycles. The van der Waals surface area contributed by atoms with E-state index in [1.807, 2.05) is 0 Å². The smallest absolute Gasteiger partial charge is 0.335 e. The highest BCUT2D eigenvalue weighted by molar-refractivity contribution is 5.99. The van der Waals surface area contributed by atoms with Gasteiger partial charge >= 0.3 is 5.97 Å². The minimum atomic E-state index is -0.936. The first-order chi connectivity index (χ1) is 6.15. The number of aromatic carboxylic acids is 1. The van der Waals surface area contributed by atoms with Gasteiger partial charge in [-0.25, -0.2) is 4.79 Å². The van der Waals surface area contributed by atoms with Crippen LogP contribution in [0, 0.1) is 0 Å². The van der Waals surface area contributed by atoms with Gasteiger partial charge in [-0.15, -0.1) is 0 Å². The van der Waals surface area contributed by atoms with Crippen molar-refractivity contribution >= 4 is 11.7 Å². The van der Waals surface area contributed by atoms with Crippen LogP contribution in [-0.4, -0.2) is 16.8 Å². The third-order valence-electron chi connectivity index (χ3n) is 1.74. The van der Waals surface area contributed by atoms with Gasteiger partial charge in [-0.3, -0.25) is 0 Å². The number of benzene rings is 1. The summed E-state index contributed by atoms with van der Waals surface area (Å²) in [5, 5.41) is 12.1. The maximum atomic E-state index is 10.5. The van der Waals surface area contributed by atoms with Crippen LogP contribution in [0.1, 0.15) is 22.8 Å². The summed E-state index contributed by atoms with van der Waals surface area (Å²) in [6.07, 6.45) is 0. The highest BCUT2D eigenvalue weighted by Gasteiger charge is 2.02. The van der Waals surface area contributed by atoms with Crippen molar-refractivity contribution in [1.29, 1.82) is 0 Å². The van der Waals surface area contributed by atoms with Crippen LogP contribution in [0.5, 0.6) is 0 Å². The fourth-order valence-electron chi connectivity index (χ4n) is 0.929.